The van der Waals surface area contributed by atoms with Gasteiger partial charge in [0.25, 0.3) is 0 Å². The zero-order valence-electron chi connectivity index (χ0n) is 14.8. The summed E-state index contributed by atoms with van der Waals surface area (Å²) in [6.45, 7) is 8.03. The van der Waals surface area contributed by atoms with Crippen molar-refractivity contribution in [1.82, 2.24) is 0 Å². The number of hydrogen-bond donors (Lipinski definition) is 1. The number of unbranched alkanes of at least 4 members (excludes halogenated alkanes) is 4. The molecule has 0 spiro atoms. The van der Waals surface area contributed by atoms with E-state index in [1.807, 2.05) is 0 Å². The monoisotopic (exact) mass is 336 g/mol. The van der Waals surface area contributed by atoms with Gasteiger partial charge < -0.3 is 28.8 Å². The van der Waals surface area contributed by atoms with Crippen molar-refractivity contribution in [2.24, 2.45) is 0 Å². The Morgan fingerprint density at radius 1 is 0.478 bits per heavy atom. The minimum atomic E-state index is 0.0487. The van der Waals surface area contributed by atoms with E-state index in [4.69, 9.17) is 28.8 Å². The van der Waals surface area contributed by atoms with Crippen molar-refractivity contribution in [3.05, 3.63) is 0 Å². The molecule has 6 nitrogen and oxygen atoms in total. The first-order valence-corrected chi connectivity index (χ1v) is 8.91. The van der Waals surface area contributed by atoms with E-state index in [2.05, 4.69) is 6.92 Å². The summed E-state index contributed by atoms with van der Waals surface area (Å²) in [7, 11) is 0. The maximum absolute atomic E-state index is 8.50. The summed E-state index contributed by atoms with van der Waals surface area (Å²) in [4.78, 5) is 0. The molecule has 1 N–H and O–H groups in total. The molecule has 0 bridgehead atoms. The quantitative estimate of drug-likeness (QED) is 0.343. The van der Waals surface area contributed by atoms with E-state index in [-0.39, 0.29) is 6.61 Å². The molecule has 0 aliphatic rings. The van der Waals surface area contributed by atoms with Crippen molar-refractivity contribution in [3.8, 4) is 0 Å². The Morgan fingerprint density at radius 2 is 0.870 bits per heavy atom. The van der Waals surface area contributed by atoms with Crippen molar-refractivity contribution in [3.63, 3.8) is 0 Å². The molecular weight excluding hydrogens is 300 g/mol. The third-order valence-electron chi connectivity index (χ3n) is 3.12. The standard InChI is InChI=1S/C17H36O6/c1-2-3-4-5-6-8-19-10-12-21-14-16-23-17-15-22-13-11-20-9-7-18/h18H,2-17H2,1H3. The van der Waals surface area contributed by atoms with Crippen LogP contribution in [-0.2, 0) is 23.7 Å². The first kappa shape index (κ1) is 22.8. The van der Waals surface area contributed by atoms with Crippen LogP contribution in [0.3, 0.4) is 0 Å². The Kier molecular flexibility index (Phi) is 21.5. The molecule has 0 radical (unpaired) electrons. The fourth-order valence-corrected chi connectivity index (χ4v) is 1.85. The minimum absolute atomic E-state index is 0.0487. The van der Waals surface area contributed by atoms with Crippen molar-refractivity contribution in [2.75, 3.05) is 72.7 Å². The Balaban J connectivity index is 2.92. The summed E-state index contributed by atoms with van der Waals surface area (Å²) in [6.07, 6.45) is 6.33. The fourth-order valence-electron chi connectivity index (χ4n) is 1.85. The van der Waals surface area contributed by atoms with Gasteiger partial charge in [0.05, 0.1) is 66.1 Å². The molecule has 6 heteroatoms. The largest absolute Gasteiger partial charge is 0.394 e. The molecule has 140 valence electrons. The van der Waals surface area contributed by atoms with Gasteiger partial charge >= 0.3 is 0 Å². The van der Waals surface area contributed by atoms with Crippen molar-refractivity contribution >= 4 is 0 Å². The van der Waals surface area contributed by atoms with Gasteiger partial charge in [0.2, 0.25) is 0 Å². The summed E-state index contributed by atoms with van der Waals surface area (Å²) in [5, 5.41) is 8.50. The van der Waals surface area contributed by atoms with Gasteiger partial charge in [0, 0.05) is 6.61 Å². The zero-order chi connectivity index (χ0) is 16.8. The van der Waals surface area contributed by atoms with Crippen LogP contribution in [0.1, 0.15) is 39.0 Å². The van der Waals surface area contributed by atoms with Crippen LogP contribution in [0.2, 0.25) is 0 Å². The summed E-state index contributed by atoms with van der Waals surface area (Å²) >= 11 is 0. The van der Waals surface area contributed by atoms with Gasteiger partial charge in [-0.1, -0.05) is 32.6 Å². The molecule has 0 aromatic heterocycles. The summed E-state index contributed by atoms with van der Waals surface area (Å²) < 4.78 is 26.6. The van der Waals surface area contributed by atoms with Gasteiger partial charge in [-0.25, -0.2) is 0 Å². The lowest BCUT2D eigenvalue weighted by Gasteiger charge is -2.07. The maximum atomic E-state index is 8.50. The molecule has 0 heterocycles. The Morgan fingerprint density at radius 3 is 1.30 bits per heavy atom. The molecule has 23 heavy (non-hydrogen) atoms. The predicted octanol–water partition coefficient (Wildman–Crippen LogP) is 2.03. The van der Waals surface area contributed by atoms with E-state index >= 15 is 0 Å². The second-order valence-electron chi connectivity index (χ2n) is 5.20. The number of hydrogen-bond acceptors (Lipinski definition) is 6. The van der Waals surface area contributed by atoms with Gasteiger partial charge in [-0.2, -0.15) is 0 Å². The van der Waals surface area contributed by atoms with Gasteiger partial charge in [-0.15, -0.1) is 0 Å². The van der Waals surface area contributed by atoms with Gasteiger partial charge in [0.1, 0.15) is 0 Å². The van der Waals surface area contributed by atoms with Crippen LogP contribution < -0.4 is 0 Å². The number of aliphatic hydroxyl groups excluding tert-OH is 1. The smallest absolute Gasteiger partial charge is 0.0701 e. The highest BCUT2D eigenvalue weighted by Crippen LogP contribution is 2.02. The van der Waals surface area contributed by atoms with E-state index in [9.17, 15) is 0 Å². The van der Waals surface area contributed by atoms with Crippen LogP contribution in [0.25, 0.3) is 0 Å². The van der Waals surface area contributed by atoms with E-state index in [0.717, 1.165) is 13.0 Å². The van der Waals surface area contributed by atoms with E-state index in [0.29, 0.717) is 59.5 Å². The molecule has 0 amide bonds. The SMILES string of the molecule is CCCCCCCOCCOCCOCCOCCOCCO. The Bertz CT molecular complexity index is 184. The molecule has 0 aliphatic carbocycles. The normalized spacial score (nSPS) is 11.2. The van der Waals surface area contributed by atoms with Crippen LogP contribution in [0.5, 0.6) is 0 Å². The molecule has 0 fully saturated rings. The molecule has 0 aromatic carbocycles. The average Bonchev–Trinajstić information content (AvgIpc) is 2.57. The molecule has 0 saturated heterocycles. The van der Waals surface area contributed by atoms with Crippen molar-refractivity contribution < 1.29 is 28.8 Å². The van der Waals surface area contributed by atoms with Crippen LogP contribution in [0, 0.1) is 0 Å². The molecule has 0 aromatic rings. The molecule has 0 aliphatic heterocycles. The molecule has 0 unspecified atom stereocenters. The molecule has 0 rings (SSSR count). The second kappa shape index (κ2) is 21.8. The van der Waals surface area contributed by atoms with E-state index < -0.39 is 0 Å². The van der Waals surface area contributed by atoms with Crippen molar-refractivity contribution in [2.45, 2.75) is 39.0 Å². The van der Waals surface area contributed by atoms with Crippen LogP contribution in [0.4, 0.5) is 0 Å². The average molecular weight is 336 g/mol. The number of aliphatic hydroxyl groups is 1. The molecule has 0 atom stereocenters. The van der Waals surface area contributed by atoms with E-state index in [1.165, 1.54) is 25.7 Å². The van der Waals surface area contributed by atoms with Crippen LogP contribution in [-0.4, -0.2) is 77.8 Å². The van der Waals surface area contributed by atoms with E-state index in [1.54, 1.807) is 0 Å². The highest BCUT2D eigenvalue weighted by molar-refractivity contribution is 4.42. The van der Waals surface area contributed by atoms with Crippen LogP contribution in [0.15, 0.2) is 0 Å². The summed E-state index contributed by atoms with van der Waals surface area (Å²) in [5.74, 6) is 0. The topological polar surface area (TPSA) is 66.4 Å². The van der Waals surface area contributed by atoms with Crippen molar-refractivity contribution in [1.29, 1.82) is 0 Å². The molecular formula is C17H36O6. The summed E-state index contributed by atoms with van der Waals surface area (Å²) in [6, 6.07) is 0. The first-order valence-electron chi connectivity index (χ1n) is 8.91. The lowest BCUT2D eigenvalue weighted by atomic mass is 10.2. The fraction of sp³-hybridized carbons (Fsp3) is 1.00. The summed E-state index contributed by atoms with van der Waals surface area (Å²) in [5.41, 5.74) is 0. The lowest BCUT2D eigenvalue weighted by molar-refractivity contribution is -0.0134. The zero-order valence-corrected chi connectivity index (χ0v) is 14.8. The first-order chi connectivity index (χ1) is 11.4. The molecule has 0 saturated carbocycles. The highest BCUT2D eigenvalue weighted by Gasteiger charge is 1.94. The Labute approximate surface area is 141 Å². The third kappa shape index (κ3) is 21.8. The Hall–Kier alpha value is -0.240. The van der Waals surface area contributed by atoms with Gasteiger partial charge in [-0.3, -0.25) is 0 Å². The lowest BCUT2D eigenvalue weighted by Crippen LogP contribution is -2.13. The maximum Gasteiger partial charge on any atom is 0.0701 e. The minimum Gasteiger partial charge on any atom is -0.394 e. The second-order valence-corrected chi connectivity index (χ2v) is 5.20. The van der Waals surface area contributed by atoms with Gasteiger partial charge in [-0.05, 0) is 6.42 Å². The number of ether oxygens (including phenoxy) is 5. The van der Waals surface area contributed by atoms with Crippen LogP contribution >= 0.6 is 0 Å². The predicted molar refractivity (Wildman–Crippen MR) is 89.9 cm³/mol. The highest BCUT2D eigenvalue weighted by atomic mass is 16.6. The number of rotatable bonds is 20. The van der Waals surface area contributed by atoms with Gasteiger partial charge in [0.15, 0.2) is 0 Å². The third-order valence-corrected chi connectivity index (χ3v) is 3.12.